The van der Waals surface area contributed by atoms with Gasteiger partial charge in [0.05, 0.1) is 31.0 Å². The minimum Gasteiger partial charge on any atom is -0.414 e. The van der Waals surface area contributed by atoms with E-state index in [0.29, 0.717) is 6.42 Å². The van der Waals surface area contributed by atoms with Crippen LogP contribution in [0.25, 0.3) is 0 Å². The lowest BCUT2D eigenvalue weighted by Crippen LogP contribution is -2.60. The molecule has 198 valence electrons. The van der Waals surface area contributed by atoms with Gasteiger partial charge in [0, 0.05) is 13.0 Å². The van der Waals surface area contributed by atoms with Crippen molar-refractivity contribution in [1.82, 2.24) is 0 Å². The van der Waals surface area contributed by atoms with Crippen LogP contribution in [0.2, 0.25) is 22.2 Å². The summed E-state index contributed by atoms with van der Waals surface area (Å²) in [5.41, 5.74) is 0.982. The van der Waals surface area contributed by atoms with Gasteiger partial charge in [-0.25, -0.2) is 0 Å². The molecule has 3 heterocycles. The molecule has 0 saturated carbocycles. The highest BCUT2D eigenvalue weighted by Crippen LogP contribution is 2.49. The van der Waals surface area contributed by atoms with E-state index in [2.05, 4.69) is 55.4 Å². The summed E-state index contributed by atoms with van der Waals surface area (Å²) in [5, 5.41) is 19.4. The summed E-state index contributed by atoms with van der Waals surface area (Å²) in [7, 11) is -5.47. The van der Waals surface area contributed by atoms with Gasteiger partial charge in [-0.2, -0.15) is 0 Å². The molecule has 3 fully saturated rings. The van der Waals surface area contributed by atoms with E-state index in [9.17, 15) is 10.2 Å². The molecule has 3 rings (SSSR count). The van der Waals surface area contributed by atoms with Crippen LogP contribution in [0.15, 0.2) is 12.2 Å². The largest absolute Gasteiger partial charge is 0.414 e. The fourth-order valence-electron chi connectivity index (χ4n) is 5.85. The molecule has 7 nitrogen and oxygen atoms in total. The number of hydrogen-bond acceptors (Lipinski definition) is 7. The second-order valence-corrected chi connectivity index (χ2v) is 20.3. The molecule has 9 heteroatoms. The minimum atomic E-state index is -2.76. The summed E-state index contributed by atoms with van der Waals surface area (Å²) >= 11 is 0. The summed E-state index contributed by atoms with van der Waals surface area (Å²) in [5.74, 6) is 0. The number of aliphatic hydroxyl groups is 2. The van der Waals surface area contributed by atoms with Crippen molar-refractivity contribution in [3.63, 3.8) is 0 Å². The molecular weight excluding hydrogens is 468 g/mol. The van der Waals surface area contributed by atoms with E-state index in [0.717, 1.165) is 19.4 Å². The zero-order valence-corrected chi connectivity index (χ0v) is 24.4. The Kier molecular flexibility index (Phi) is 9.64. The first kappa shape index (κ1) is 28.5. The number of rotatable bonds is 7. The van der Waals surface area contributed by atoms with Gasteiger partial charge in [0.1, 0.15) is 12.2 Å². The second-order valence-electron chi connectivity index (χ2n) is 11.5. The molecule has 3 aliphatic heterocycles. The molecule has 34 heavy (non-hydrogen) atoms. The van der Waals surface area contributed by atoms with E-state index < -0.39 is 29.3 Å². The summed E-state index contributed by atoms with van der Waals surface area (Å²) < 4.78 is 34.6. The molecule has 3 aliphatic rings. The van der Waals surface area contributed by atoms with Crippen LogP contribution in [0.4, 0.5) is 0 Å². The molecule has 0 amide bonds. The molecule has 0 radical (unpaired) electrons. The third-order valence-electron chi connectivity index (χ3n) is 7.77. The van der Waals surface area contributed by atoms with Crippen molar-refractivity contribution >= 4 is 17.1 Å². The maximum atomic E-state index is 10.1. The zero-order chi connectivity index (χ0) is 25.3. The Bertz CT molecular complexity index is 668. The van der Waals surface area contributed by atoms with Gasteiger partial charge in [-0.3, -0.25) is 0 Å². The van der Waals surface area contributed by atoms with Crippen LogP contribution in [0.3, 0.4) is 0 Å². The van der Waals surface area contributed by atoms with E-state index in [4.69, 9.17) is 22.4 Å². The quantitative estimate of drug-likeness (QED) is 0.379. The Morgan fingerprint density at radius 1 is 0.853 bits per heavy atom. The van der Waals surface area contributed by atoms with Crippen molar-refractivity contribution in [3.8, 4) is 0 Å². The highest BCUT2D eigenvalue weighted by Gasteiger charge is 2.62. The Morgan fingerprint density at radius 3 is 2.00 bits per heavy atom. The highest BCUT2D eigenvalue weighted by molar-refractivity contribution is 6.84. The van der Waals surface area contributed by atoms with Crippen LogP contribution < -0.4 is 0 Å². The molecule has 0 unspecified atom stereocenters. The predicted molar refractivity (Wildman–Crippen MR) is 137 cm³/mol. The fourth-order valence-corrected chi connectivity index (χ4v) is 17.2. The van der Waals surface area contributed by atoms with Crippen LogP contribution in [-0.4, -0.2) is 77.2 Å². The Labute approximate surface area is 208 Å². The van der Waals surface area contributed by atoms with Crippen LogP contribution >= 0.6 is 0 Å². The first-order chi connectivity index (χ1) is 16.0. The summed E-state index contributed by atoms with van der Waals surface area (Å²) in [6.07, 6.45) is 4.04. The zero-order valence-electron chi connectivity index (χ0n) is 22.4. The SMILES string of the molecule is CC(C)[Si]1(C(C)C)O[C@H]2[C@H](C[C@H]3OCCC[C@@H]3O[C@@H]2/C=C/[C@@H](O)CO)O[Si](C(C)C)(C(C)C)O1. The number of hydrogen-bond donors (Lipinski definition) is 2. The number of aliphatic hydroxyl groups excluding tert-OH is 2. The Morgan fingerprint density at radius 2 is 1.44 bits per heavy atom. The van der Waals surface area contributed by atoms with E-state index >= 15 is 0 Å². The molecular formula is C25H48O7Si2. The van der Waals surface area contributed by atoms with Crippen molar-refractivity contribution in [2.45, 2.75) is 133 Å². The van der Waals surface area contributed by atoms with Crippen molar-refractivity contribution in [2.24, 2.45) is 0 Å². The smallest absolute Gasteiger partial charge is 0.335 e. The normalized spacial score (nSPS) is 34.8. The van der Waals surface area contributed by atoms with Gasteiger partial charge < -0.3 is 32.7 Å². The van der Waals surface area contributed by atoms with Gasteiger partial charge in [-0.1, -0.05) is 67.5 Å². The Balaban J connectivity index is 2.14. The van der Waals surface area contributed by atoms with Crippen LogP contribution in [0, 0.1) is 0 Å². The van der Waals surface area contributed by atoms with Gasteiger partial charge in [0.2, 0.25) is 0 Å². The molecule has 0 aromatic heterocycles. The minimum absolute atomic E-state index is 0.0435. The van der Waals surface area contributed by atoms with Crippen LogP contribution in [0.1, 0.15) is 74.7 Å². The van der Waals surface area contributed by atoms with Crippen LogP contribution in [0.5, 0.6) is 0 Å². The highest BCUT2D eigenvalue weighted by atomic mass is 28.5. The van der Waals surface area contributed by atoms with E-state index in [1.54, 1.807) is 6.08 Å². The van der Waals surface area contributed by atoms with Gasteiger partial charge in [-0.05, 0) is 35.0 Å². The van der Waals surface area contributed by atoms with Gasteiger partial charge in [0.25, 0.3) is 0 Å². The van der Waals surface area contributed by atoms with E-state index in [1.165, 1.54) is 0 Å². The van der Waals surface area contributed by atoms with Gasteiger partial charge >= 0.3 is 17.1 Å². The lowest BCUT2D eigenvalue weighted by Gasteiger charge is -2.46. The average Bonchev–Trinajstić information content (AvgIpc) is 3.02. The van der Waals surface area contributed by atoms with Gasteiger partial charge in [0.15, 0.2) is 0 Å². The predicted octanol–water partition coefficient (Wildman–Crippen LogP) is 4.56. The fraction of sp³-hybridized carbons (Fsp3) is 0.920. The molecule has 0 aliphatic carbocycles. The van der Waals surface area contributed by atoms with Crippen molar-refractivity contribution in [2.75, 3.05) is 13.2 Å². The molecule has 0 bridgehead atoms. The summed E-state index contributed by atoms with van der Waals surface area (Å²) in [4.78, 5) is 0. The molecule has 2 N–H and O–H groups in total. The topological polar surface area (TPSA) is 86.6 Å². The third-order valence-corrected chi connectivity index (χ3v) is 18.1. The number of ether oxygens (including phenoxy) is 2. The number of fused-ring (bicyclic) bond motifs is 2. The van der Waals surface area contributed by atoms with Crippen LogP contribution in [-0.2, 0) is 22.4 Å². The van der Waals surface area contributed by atoms with Crippen molar-refractivity contribution < 1.29 is 32.7 Å². The lowest BCUT2D eigenvalue weighted by molar-refractivity contribution is -0.121. The maximum Gasteiger partial charge on any atom is 0.335 e. The summed E-state index contributed by atoms with van der Waals surface area (Å²) in [6, 6.07) is 0. The first-order valence-corrected chi connectivity index (χ1v) is 17.2. The monoisotopic (exact) mass is 516 g/mol. The van der Waals surface area contributed by atoms with E-state index in [1.807, 2.05) is 6.08 Å². The molecule has 0 spiro atoms. The average molecular weight is 517 g/mol. The lowest BCUT2D eigenvalue weighted by atomic mass is 9.98. The van der Waals surface area contributed by atoms with E-state index in [-0.39, 0.29) is 53.2 Å². The maximum absolute atomic E-state index is 10.1. The van der Waals surface area contributed by atoms with Crippen molar-refractivity contribution in [1.29, 1.82) is 0 Å². The Hall–Kier alpha value is -0.106. The second kappa shape index (κ2) is 11.5. The van der Waals surface area contributed by atoms with Crippen molar-refractivity contribution in [3.05, 3.63) is 12.2 Å². The summed E-state index contributed by atoms with van der Waals surface area (Å²) in [6.45, 7) is 18.2. The van der Waals surface area contributed by atoms with Gasteiger partial charge in [-0.15, -0.1) is 0 Å². The first-order valence-electron chi connectivity index (χ1n) is 13.3. The molecule has 3 saturated heterocycles. The molecule has 0 aromatic carbocycles. The third kappa shape index (κ3) is 5.57. The molecule has 0 aromatic rings. The standard InChI is InChI=1S/C25H48O7Si2/c1-16(2)33(17(3)4)30-24-14-23-21(10-9-13-28-23)29-22(12-11-20(27)15-26)25(24)31-34(32-33,18(5)6)19(7)8/h11-12,16-27H,9-10,13-15H2,1-8H3/b12-11+/t20-,21+,22-,23-,24+,25-/m1/s1. The molecule has 6 atom stereocenters.